The first-order valence-electron chi connectivity index (χ1n) is 4.71. The van der Waals surface area contributed by atoms with E-state index in [1.165, 1.54) is 0 Å². The Labute approximate surface area is 86.1 Å². The number of hydrogen-bond acceptors (Lipinski definition) is 1. The highest BCUT2D eigenvalue weighted by Gasteiger charge is 2.25. The van der Waals surface area contributed by atoms with Gasteiger partial charge in [0.2, 0.25) is 0 Å². The van der Waals surface area contributed by atoms with Crippen LogP contribution in [0.3, 0.4) is 0 Å². The van der Waals surface area contributed by atoms with Crippen molar-refractivity contribution in [3.05, 3.63) is 41.3 Å². The van der Waals surface area contributed by atoms with Crippen molar-refractivity contribution in [2.75, 3.05) is 0 Å². The molecule has 2 N–H and O–H groups in total. The maximum Gasteiger partial charge on any atom is 0.251 e. The number of halogens is 2. The second-order valence-corrected chi connectivity index (χ2v) is 3.72. The molecule has 0 aromatic heterocycles. The Hall–Kier alpha value is -1.45. The van der Waals surface area contributed by atoms with Gasteiger partial charge in [-0.05, 0) is 36.8 Å². The van der Waals surface area contributed by atoms with Gasteiger partial charge in [0.1, 0.15) is 11.6 Å². The van der Waals surface area contributed by atoms with Crippen LogP contribution in [0.15, 0.2) is 12.1 Å². The van der Waals surface area contributed by atoms with Crippen LogP contribution in [-0.2, 0) is 0 Å². The van der Waals surface area contributed by atoms with E-state index in [0.29, 0.717) is 12.0 Å². The predicted molar refractivity (Wildman–Crippen MR) is 51.0 cm³/mol. The number of hydrogen-bond donors (Lipinski definition) is 1. The number of primary amides is 1. The zero-order valence-corrected chi connectivity index (χ0v) is 7.97. The number of nitrogens with two attached hydrogens (primary N) is 1. The minimum Gasteiger partial charge on any atom is -0.365 e. The third-order valence-electron chi connectivity index (χ3n) is 2.37. The summed E-state index contributed by atoms with van der Waals surface area (Å²) in [5.41, 5.74) is 5.09. The molecule has 0 heterocycles. The minimum atomic E-state index is -0.894. The SMILES string of the molecule is NC(=O)c1c(F)cc(F)cc1[CH]C1CC1. The Bertz CT molecular complexity index is 413. The molecule has 1 aromatic carbocycles. The first-order chi connectivity index (χ1) is 7.08. The normalized spacial score (nSPS) is 15.3. The largest absolute Gasteiger partial charge is 0.365 e. The Morgan fingerprint density at radius 2 is 2.07 bits per heavy atom. The molecule has 2 nitrogen and oxygen atoms in total. The average molecular weight is 210 g/mol. The smallest absolute Gasteiger partial charge is 0.251 e. The molecule has 1 fully saturated rings. The molecule has 0 unspecified atom stereocenters. The lowest BCUT2D eigenvalue weighted by atomic mass is 10.0. The highest BCUT2D eigenvalue weighted by molar-refractivity contribution is 5.95. The Morgan fingerprint density at radius 1 is 1.40 bits per heavy atom. The molecule has 15 heavy (non-hydrogen) atoms. The third-order valence-corrected chi connectivity index (χ3v) is 2.37. The molecular formula is C11H10F2NO. The van der Waals surface area contributed by atoms with Crippen LogP contribution in [-0.4, -0.2) is 5.91 Å². The summed E-state index contributed by atoms with van der Waals surface area (Å²) in [5.74, 6) is -2.12. The molecular weight excluding hydrogens is 200 g/mol. The van der Waals surface area contributed by atoms with Crippen LogP contribution < -0.4 is 5.73 Å². The molecule has 1 aromatic rings. The van der Waals surface area contributed by atoms with E-state index in [9.17, 15) is 13.6 Å². The molecule has 0 bridgehead atoms. The van der Waals surface area contributed by atoms with Gasteiger partial charge in [0.25, 0.3) is 5.91 Å². The number of amides is 1. The lowest BCUT2D eigenvalue weighted by Gasteiger charge is -2.07. The summed E-state index contributed by atoms with van der Waals surface area (Å²) >= 11 is 0. The number of benzene rings is 1. The molecule has 1 amide bonds. The van der Waals surface area contributed by atoms with Crippen molar-refractivity contribution < 1.29 is 13.6 Å². The van der Waals surface area contributed by atoms with Gasteiger partial charge in [0.15, 0.2) is 0 Å². The van der Waals surface area contributed by atoms with Crippen LogP contribution in [0.4, 0.5) is 8.78 Å². The molecule has 0 aliphatic heterocycles. The predicted octanol–water partition coefficient (Wildman–Crippen LogP) is 2.03. The number of carbonyl (C=O) groups is 1. The standard InChI is InChI=1S/C11H10F2NO/c12-8-4-7(3-6-1-2-6)10(11(14)15)9(13)5-8/h3-6H,1-2H2,(H2,14,15). The highest BCUT2D eigenvalue weighted by atomic mass is 19.1. The van der Waals surface area contributed by atoms with Crippen LogP contribution in [0.5, 0.6) is 0 Å². The van der Waals surface area contributed by atoms with Crippen molar-refractivity contribution in [2.24, 2.45) is 11.7 Å². The fourth-order valence-corrected chi connectivity index (χ4v) is 1.50. The summed E-state index contributed by atoms with van der Waals surface area (Å²) in [7, 11) is 0. The van der Waals surface area contributed by atoms with Gasteiger partial charge in [-0.1, -0.05) is 0 Å². The van der Waals surface area contributed by atoms with Gasteiger partial charge in [0, 0.05) is 6.07 Å². The summed E-state index contributed by atoms with van der Waals surface area (Å²) in [6.07, 6.45) is 3.69. The van der Waals surface area contributed by atoms with Gasteiger partial charge in [-0.15, -0.1) is 0 Å². The fraction of sp³-hybridized carbons (Fsp3) is 0.273. The first-order valence-corrected chi connectivity index (χ1v) is 4.71. The van der Waals surface area contributed by atoms with Crippen molar-refractivity contribution in [2.45, 2.75) is 12.8 Å². The lowest BCUT2D eigenvalue weighted by molar-refractivity contribution is 0.0996. The maximum atomic E-state index is 13.3. The summed E-state index contributed by atoms with van der Waals surface area (Å²) in [6.45, 7) is 0. The molecule has 1 saturated carbocycles. The molecule has 0 atom stereocenters. The quantitative estimate of drug-likeness (QED) is 0.814. The molecule has 4 heteroatoms. The number of carbonyl (C=O) groups excluding carboxylic acids is 1. The second kappa shape index (κ2) is 3.61. The Kier molecular flexibility index (Phi) is 2.42. The summed E-state index contributed by atoms with van der Waals surface area (Å²) in [6, 6.07) is 1.81. The van der Waals surface area contributed by atoms with Crippen LogP contribution in [0.2, 0.25) is 0 Å². The van der Waals surface area contributed by atoms with E-state index in [4.69, 9.17) is 5.73 Å². The molecule has 1 aliphatic carbocycles. The third kappa shape index (κ3) is 2.14. The fourth-order valence-electron chi connectivity index (χ4n) is 1.50. The average Bonchev–Trinajstić information content (AvgIpc) is 2.85. The van der Waals surface area contributed by atoms with E-state index >= 15 is 0 Å². The monoisotopic (exact) mass is 210 g/mol. The Morgan fingerprint density at radius 3 is 2.60 bits per heavy atom. The first kappa shape index (κ1) is 10.1. The van der Waals surface area contributed by atoms with Crippen molar-refractivity contribution in [3.8, 4) is 0 Å². The van der Waals surface area contributed by atoms with Crippen molar-refractivity contribution >= 4 is 5.91 Å². The second-order valence-electron chi connectivity index (χ2n) is 3.72. The van der Waals surface area contributed by atoms with Gasteiger partial charge in [-0.2, -0.15) is 0 Å². The zero-order valence-electron chi connectivity index (χ0n) is 7.97. The van der Waals surface area contributed by atoms with Crippen LogP contribution >= 0.6 is 0 Å². The molecule has 2 rings (SSSR count). The number of rotatable bonds is 3. The molecule has 79 valence electrons. The topological polar surface area (TPSA) is 43.1 Å². The van der Waals surface area contributed by atoms with Crippen LogP contribution in [0.1, 0.15) is 28.8 Å². The van der Waals surface area contributed by atoms with E-state index in [2.05, 4.69) is 0 Å². The molecule has 0 saturated heterocycles. The van der Waals surface area contributed by atoms with Crippen LogP contribution in [0, 0.1) is 24.0 Å². The summed E-state index contributed by atoms with van der Waals surface area (Å²) < 4.78 is 26.2. The van der Waals surface area contributed by atoms with E-state index < -0.39 is 17.5 Å². The van der Waals surface area contributed by atoms with Crippen molar-refractivity contribution in [1.82, 2.24) is 0 Å². The Balaban J connectivity index is 2.42. The summed E-state index contributed by atoms with van der Waals surface area (Å²) in [4.78, 5) is 11.0. The lowest BCUT2D eigenvalue weighted by Crippen LogP contribution is -2.16. The van der Waals surface area contributed by atoms with Gasteiger partial charge in [0.05, 0.1) is 5.56 Å². The van der Waals surface area contributed by atoms with E-state index in [0.717, 1.165) is 18.9 Å². The maximum absolute atomic E-state index is 13.3. The summed E-state index contributed by atoms with van der Waals surface area (Å²) in [5, 5.41) is 0. The van der Waals surface area contributed by atoms with Gasteiger partial charge < -0.3 is 5.73 Å². The molecule has 0 spiro atoms. The van der Waals surface area contributed by atoms with Crippen molar-refractivity contribution in [3.63, 3.8) is 0 Å². The molecule has 1 radical (unpaired) electrons. The van der Waals surface area contributed by atoms with E-state index in [1.54, 1.807) is 6.42 Å². The molecule has 1 aliphatic rings. The van der Waals surface area contributed by atoms with Crippen LogP contribution in [0.25, 0.3) is 0 Å². The van der Waals surface area contributed by atoms with Gasteiger partial charge in [-0.3, -0.25) is 4.79 Å². The van der Waals surface area contributed by atoms with E-state index in [-0.39, 0.29) is 11.1 Å². The highest BCUT2D eigenvalue weighted by Crippen LogP contribution is 2.35. The van der Waals surface area contributed by atoms with Crippen molar-refractivity contribution in [1.29, 1.82) is 0 Å². The van der Waals surface area contributed by atoms with Gasteiger partial charge in [-0.25, -0.2) is 8.78 Å². The zero-order chi connectivity index (χ0) is 11.0. The van der Waals surface area contributed by atoms with E-state index in [1.807, 2.05) is 0 Å². The minimum absolute atomic E-state index is 0.219. The van der Waals surface area contributed by atoms with Gasteiger partial charge >= 0.3 is 0 Å².